The van der Waals surface area contributed by atoms with E-state index in [0.717, 1.165) is 50.2 Å². The van der Waals surface area contributed by atoms with Crippen molar-refractivity contribution in [1.82, 2.24) is 24.8 Å². The van der Waals surface area contributed by atoms with Crippen molar-refractivity contribution in [3.8, 4) is 0 Å². The number of aromatic nitrogens is 3. The van der Waals surface area contributed by atoms with E-state index in [4.69, 9.17) is 0 Å². The van der Waals surface area contributed by atoms with Crippen LogP contribution in [0.1, 0.15) is 35.2 Å². The minimum absolute atomic E-state index is 0. The number of benzene rings is 1. The molecule has 0 spiro atoms. The molecule has 1 N–H and O–H groups in total. The Kier molecular flexibility index (Phi) is 7.92. The van der Waals surface area contributed by atoms with Gasteiger partial charge in [0, 0.05) is 31.9 Å². The highest BCUT2D eigenvalue weighted by molar-refractivity contribution is 5.96. The molecule has 2 bridgehead atoms. The third-order valence-electron chi connectivity index (χ3n) is 6.25. The van der Waals surface area contributed by atoms with E-state index in [2.05, 4.69) is 44.1 Å². The van der Waals surface area contributed by atoms with Gasteiger partial charge in [-0.3, -0.25) is 4.79 Å². The molecule has 0 saturated carbocycles. The van der Waals surface area contributed by atoms with Crippen LogP contribution in [0.15, 0.2) is 48.9 Å². The van der Waals surface area contributed by atoms with Gasteiger partial charge in [-0.1, -0.05) is 36.8 Å². The van der Waals surface area contributed by atoms with E-state index in [1.165, 1.54) is 18.4 Å². The van der Waals surface area contributed by atoms with E-state index in [-0.39, 0.29) is 30.7 Å². The van der Waals surface area contributed by atoms with Crippen LogP contribution in [-0.4, -0.2) is 51.0 Å². The number of carbonyl (C=O) groups excluding carboxylic acids is 1. The summed E-state index contributed by atoms with van der Waals surface area (Å²) in [5.41, 5.74) is 3.57. The molecular formula is C23H29Cl2N5O. The minimum Gasteiger partial charge on any atom is -0.337 e. The number of hydrogen-bond acceptors (Lipinski definition) is 4. The van der Waals surface area contributed by atoms with E-state index in [9.17, 15) is 4.79 Å². The summed E-state index contributed by atoms with van der Waals surface area (Å²) in [6.07, 6.45) is 8.10. The number of nitrogens with one attached hydrogen (secondary N) is 1. The third-order valence-corrected chi connectivity index (χ3v) is 6.25. The first-order valence-corrected chi connectivity index (χ1v) is 10.6. The molecule has 5 rings (SSSR count). The summed E-state index contributed by atoms with van der Waals surface area (Å²) in [6.45, 7) is 3.48. The van der Waals surface area contributed by atoms with E-state index in [1.807, 2.05) is 23.4 Å². The number of amides is 1. The number of aryl methyl sites for hydroxylation is 2. The Balaban J connectivity index is 0.00000136. The first-order chi connectivity index (χ1) is 14.3. The molecule has 2 aromatic heterocycles. The number of hydrogen-bond donors (Lipinski definition) is 1. The molecule has 31 heavy (non-hydrogen) atoms. The van der Waals surface area contributed by atoms with Crippen LogP contribution in [0.4, 0.5) is 0 Å². The molecule has 0 unspecified atom stereocenters. The lowest BCUT2D eigenvalue weighted by Gasteiger charge is -2.28. The molecule has 1 amide bonds. The number of pyridine rings is 1. The quantitative estimate of drug-likeness (QED) is 0.642. The van der Waals surface area contributed by atoms with Crippen molar-refractivity contribution in [1.29, 1.82) is 0 Å². The van der Waals surface area contributed by atoms with E-state index in [1.54, 1.807) is 6.20 Å². The standard InChI is InChI=1S/C23H27N5O.2ClH/c29-23(28-14-18-7-4-8-20(15-28)24-12-18)19-11-21-22(25-13-19)27(16-26-21)10-9-17-5-2-1-3-6-17;;/h1-3,5-6,11,13,16,18,20,24H,4,7-10,12,14-15H2;2*1H/t18-,20-;;/m0../s1. The average Bonchev–Trinajstić information content (AvgIpc) is 2.89. The third kappa shape index (κ3) is 5.20. The first-order valence-electron chi connectivity index (χ1n) is 10.6. The van der Waals surface area contributed by atoms with Crippen molar-refractivity contribution in [2.24, 2.45) is 5.92 Å². The summed E-state index contributed by atoms with van der Waals surface area (Å²) in [7, 11) is 0. The summed E-state index contributed by atoms with van der Waals surface area (Å²) in [4.78, 5) is 24.3. The first kappa shape index (κ1) is 23.5. The normalized spacial score (nSPS) is 20.5. The van der Waals surface area contributed by atoms with E-state index in [0.29, 0.717) is 17.5 Å². The molecule has 2 fully saturated rings. The van der Waals surface area contributed by atoms with Crippen LogP contribution in [0, 0.1) is 5.92 Å². The van der Waals surface area contributed by atoms with Gasteiger partial charge in [-0.2, -0.15) is 0 Å². The average molecular weight is 462 g/mol. The van der Waals surface area contributed by atoms with E-state index >= 15 is 0 Å². The van der Waals surface area contributed by atoms with Crippen molar-refractivity contribution in [3.05, 3.63) is 60.0 Å². The van der Waals surface area contributed by atoms with Gasteiger partial charge in [-0.25, -0.2) is 9.97 Å². The Morgan fingerprint density at radius 2 is 1.94 bits per heavy atom. The highest BCUT2D eigenvalue weighted by Crippen LogP contribution is 2.23. The maximum atomic E-state index is 13.2. The number of halogens is 2. The summed E-state index contributed by atoms with van der Waals surface area (Å²) >= 11 is 0. The molecule has 3 aromatic rings. The Morgan fingerprint density at radius 1 is 1.10 bits per heavy atom. The largest absolute Gasteiger partial charge is 0.337 e. The lowest BCUT2D eigenvalue weighted by Crippen LogP contribution is -2.41. The van der Waals surface area contributed by atoms with E-state index < -0.39 is 0 Å². The van der Waals surface area contributed by atoms with Gasteiger partial charge in [0.1, 0.15) is 5.52 Å². The smallest absolute Gasteiger partial charge is 0.255 e. The maximum absolute atomic E-state index is 13.2. The van der Waals surface area contributed by atoms with Gasteiger partial charge >= 0.3 is 0 Å². The van der Waals surface area contributed by atoms with Crippen molar-refractivity contribution >= 4 is 41.9 Å². The molecule has 6 nitrogen and oxygen atoms in total. The molecule has 2 atom stereocenters. The van der Waals surface area contributed by atoms with Crippen LogP contribution < -0.4 is 5.32 Å². The second-order valence-electron chi connectivity index (χ2n) is 8.35. The summed E-state index contributed by atoms with van der Waals surface area (Å²) in [5, 5.41) is 3.62. The molecular weight excluding hydrogens is 433 g/mol. The predicted molar refractivity (Wildman–Crippen MR) is 127 cm³/mol. The molecule has 0 aliphatic carbocycles. The molecule has 4 heterocycles. The summed E-state index contributed by atoms with van der Waals surface area (Å²) in [6, 6.07) is 12.7. The van der Waals surface area contributed by atoms with Crippen molar-refractivity contribution < 1.29 is 4.79 Å². The van der Waals surface area contributed by atoms with Crippen molar-refractivity contribution in [2.45, 2.75) is 38.3 Å². The topological polar surface area (TPSA) is 63.1 Å². The number of nitrogens with zero attached hydrogens (tertiary/aromatic N) is 4. The highest BCUT2D eigenvalue weighted by Gasteiger charge is 2.30. The van der Waals surface area contributed by atoms with Crippen LogP contribution in [0.3, 0.4) is 0 Å². The Morgan fingerprint density at radius 3 is 2.77 bits per heavy atom. The lowest BCUT2D eigenvalue weighted by molar-refractivity contribution is 0.0720. The maximum Gasteiger partial charge on any atom is 0.255 e. The number of rotatable bonds is 4. The SMILES string of the molecule is Cl.Cl.O=C(c1cnc2c(c1)ncn2CCc1ccccc1)N1C[C@H]2CCC[C@@H](C1)NC2. The zero-order chi connectivity index (χ0) is 19.6. The van der Waals surface area contributed by atoms with Crippen LogP contribution >= 0.6 is 24.8 Å². The second kappa shape index (κ2) is 10.4. The van der Waals surface area contributed by atoms with Crippen LogP contribution in [0.2, 0.25) is 0 Å². The predicted octanol–water partition coefficient (Wildman–Crippen LogP) is 3.73. The fourth-order valence-electron chi connectivity index (χ4n) is 4.63. The number of imidazole rings is 1. The Hall–Kier alpha value is -2.15. The minimum atomic E-state index is 0. The lowest BCUT2D eigenvalue weighted by atomic mass is 9.99. The van der Waals surface area contributed by atoms with Gasteiger partial charge in [0.05, 0.1) is 11.9 Å². The van der Waals surface area contributed by atoms with Gasteiger partial charge in [0.25, 0.3) is 5.91 Å². The molecule has 2 aliphatic rings. The van der Waals surface area contributed by atoms with Gasteiger partial charge in [0.2, 0.25) is 0 Å². The van der Waals surface area contributed by atoms with Crippen LogP contribution in [-0.2, 0) is 13.0 Å². The summed E-state index contributed by atoms with van der Waals surface area (Å²) < 4.78 is 2.07. The van der Waals surface area contributed by atoms with Gasteiger partial charge < -0.3 is 14.8 Å². The summed E-state index contributed by atoms with van der Waals surface area (Å²) in [5.74, 6) is 0.638. The molecule has 8 heteroatoms. The Bertz CT molecular complexity index is 996. The highest BCUT2D eigenvalue weighted by atomic mass is 35.5. The second-order valence-corrected chi connectivity index (χ2v) is 8.35. The molecule has 2 saturated heterocycles. The fourth-order valence-corrected chi connectivity index (χ4v) is 4.63. The number of likely N-dealkylation sites (tertiary alicyclic amines) is 1. The van der Waals surface area contributed by atoms with Crippen molar-refractivity contribution in [2.75, 3.05) is 19.6 Å². The fraction of sp³-hybridized carbons (Fsp3) is 0.435. The van der Waals surface area contributed by atoms with Crippen LogP contribution in [0.25, 0.3) is 11.2 Å². The van der Waals surface area contributed by atoms with Gasteiger partial charge in [-0.05, 0) is 43.4 Å². The zero-order valence-corrected chi connectivity index (χ0v) is 19.1. The number of fused-ring (bicyclic) bond motifs is 4. The monoisotopic (exact) mass is 461 g/mol. The molecule has 2 aliphatic heterocycles. The van der Waals surface area contributed by atoms with Gasteiger partial charge in [0.15, 0.2) is 5.65 Å². The molecule has 0 radical (unpaired) electrons. The van der Waals surface area contributed by atoms with Gasteiger partial charge in [-0.15, -0.1) is 24.8 Å². The zero-order valence-electron chi connectivity index (χ0n) is 17.4. The Labute approximate surface area is 195 Å². The number of carbonyl (C=O) groups is 1. The van der Waals surface area contributed by atoms with Crippen molar-refractivity contribution in [3.63, 3.8) is 0 Å². The molecule has 166 valence electrons. The molecule has 1 aromatic carbocycles. The van der Waals surface area contributed by atoms with Crippen LogP contribution in [0.5, 0.6) is 0 Å².